The lowest BCUT2D eigenvalue weighted by Crippen LogP contribution is -2.52. The SMILES string of the molecule is CC(C)CCC(=O)NC(CC(=O)N1CCCCC1C(C)C)C(=O)NC(C)c1ncc(-c2ccc(F)cc2F)[nH]1. The van der Waals surface area contributed by atoms with Gasteiger partial charge in [-0.05, 0) is 56.6 Å². The van der Waals surface area contributed by atoms with E-state index in [0.717, 1.165) is 31.4 Å². The van der Waals surface area contributed by atoms with Crippen LogP contribution in [0.15, 0.2) is 24.4 Å². The molecule has 214 valence electrons. The summed E-state index contributed by atoms with van der Waals surface area (Å²) in [7, 11) is 0. The van der Waals surface area contributed by atoms with Crippen LogP contribution in [0.25, 0.3) is 11.3 Å². The van der Waals surface area contributed by atoms with Crippen LogP contribution in [0.5, 0.6) is 0 Å². The van der Waals surface area contributed by atoms with Gasteiger partial charge in [0.15, 0.2) is 0 Å². The summed E-state index contributed by atoms with van der Waals surface area (Å²) in [5, 5.41) is 5.60. The molecule has 1 aromatic heterocycles. The minimum Gasteiger partial charge on any atom is -0.345 e. The third kappa shape index (κ3) is 8.34. The van der Waals surface area contributed by atoms with Gasteiger partial charge < -0.3 is 20.5 Å². The van der Waals surface area contributed by atoms with Crippen LogP contribution in [-0.4, -0.2) is 51.2 Å². The number of benzene rings is 1. The van der Waals surface area contributed by atoms with E-state index in [0.29, 0.717) is 36.3 Å². The van der Waals surface area contributed by atoms with Gasteiger partial charge in [-0.25, -0.2) is 13.8 Å². The summed E-state index contributed by atoms with van der Waals surface area (Å²) >= 11 is 0. The van der Waals surface area contributed by atoms with Gasteiger partial charge in [-0.2, -0.15) is 0 Å². The molecule has 1 saturated heterocycles. The minimum atomic E-state index is -1.04. The molecule has 8 nitrogen and oxygen atoms in total. The zero-order chi connectivity index (χ0) is 28.7. The van der Waals surface area contributed by atoms with Crippen molar-refractivity contribution in [2.75, 3.05) is 6.54 Å². The molecule has 2 heterocycles. The molecular formula is C29H41F2N5O3. The number of likely N-dealkylation sites (tertiary alicyclic amines) is 1. The number of nitrogens with zero attached hydrogens (tertiary/aromatic N) is 2. The third-order valence-electron chi connectivity index (χ3n) is 7.20. The van der Waals surface area contributed by atoms with Gasteiger partial charge in [-0.15, -0.1) is 0 Å². The molecule has 1 fully saturated rings. The number of imidazole rings is 1. The maximum atomic E-state index is 14.2. The van der Waals surface area contributed by atoms with Crippen molar-refractivity contribution in [1.29, 1.82) is 0 Å². The fourth-order valence-corrected chi connectivity index (χ4v) is 4.93. The molecule has 0 spiro atoms. The average Bonchev–Trinajstić information content (AvgIpc) is 3.37. The number of rotatable bonds is 11. The first kappa shape index (κ1) is 30.2. The lowest BCUT2D eigenvalue weighted by Gasteiger charge is -2.39. The Labute approximate surface area is 229 Å². The van der Waals surface area contributed by atoms with Crippen LogP contribution >= 0.6 is 0 Å². The van der Waals surface area contributed by atoms with Crippen molar-refractivity contribution in [3.05, 3.63) is 41.9 Å². The van der Waals surface area contributed by atoms with E-state index in [4.69, 9.17) is 0 Å². The summed E-state index contributed by atoms with van der Waals surface area (Å²) < 4.78 is 27.5. The van der Waals surface area contributed by atoms with E-state index in [2.05, 4.69) is 34.4 Å². The monoisotopic (exact) mass is 545 g/mol. The van der Waals surface area contributed by atoms with Crippen LogP contribution < -0.4 is 10.6 Å². The molecule has 0 bridgehead atoms. The first-order chi connectivity index (χ1) is 18.5. The Morgan fingerprint density at radius 1 is 1.10 bits per heavy atom. The highest BCUT2D eigenvalue weighted by atomic mass is 19.1. The largest absolute Gasteiger partial charge is 0.345 e. The normalized spacial score (nSPS) is 17.3. The molecule has 1 aliphatic rings. The topological polar surface area (TPSA) is 107 Å². The van der Waals surface area contributed by atoms with Crippen LogP contribution in [-0.2, 0) is 14.4 Å². The van der Waals surface area contributed by atoms with Gasteiger partial charge in [-0.3, -0.25) is 14.4 Å². The van der Waals surface area contributed by atoms with Crippen molar-refractivity contribution in [2.24, 2.45) is 11.8 Å². The second kappa shape index (κ2) is 13.7. The number of nitrogens with one attached hydrogen (secondary N) is 3. The highest BCUT2D eigenvalue weighted by Crippen LogP contribution is 2.25. The summed E-state index contributed by atoms with van der Waals surface area (Å²) in [6, 6.07) is 1.69. The Bertz CT molecular complexity index is 1150. The molecule has 0 radical (unpaired) electrons. The molecular weight excluding hydrogens is 504 g/mol. The number of piperidine rings is 1. The summed E-state index contributed by atoms with van der Waals surface area (Å²) in [6.07, 6.45) is 5.10. The molecule has 3 rings (SSSR count). The fraction of sp³-hybridized carbons (Fsp3) is 0.586. The van der Waals surface area contributed by atoms with Gasteiger partial charge >= 0.3 is 0 Å². The van der Waals surface area contributed by atoms with E-state index in [-0.39, 0.29) is 36.3 Å². The van der Waals surface area contributed by atoms with E-state index >= 15 is 0 Å². The van der Waals surface area contributed by atoms with E-state index in [9.17, 15) is 23.2 Å². The van der Waals surface area contributed by atoms with E-state index in [1.165, 1.54) is 12.3 Å². The smallest absolute Gasteiger partial charge is 0.243 e. The Morgan fingerprint density at radius 2 is 1.85 bits per heavy atom. The van der Waals surface area contributed by atoms with Crippen LogP contribution in [0.2, 0.25) is 0 Å². The Balaban J connectivity index is 1.73. The quantitative estimate of drug-likeness (QED) is 0.374. The summed E-state index contributed by atoms with van der Waals surface area (Å²) in [5.41, 5.74) is 0.484. The summed E-state index contributed by atoms with van der Waals surface area (Å²) in [4.78, 5) is 48.5. The van der Waals surface area contributed by atoms with Crippen molar-refractivity contribution in [2.45, 2.75) is 91.3 Å². The minimum absolute atomic E-state index is 0.110. The highest BCUT2D eigenvalue weighted by Gasteiger charge is 2.33. The molecule has 3 atom stereocenters. The van der Waals surface area contributed by atoms with Gasteiger partial charge in [0.1, 0.15) is 23.5 Å². The molecule has 1 aliphatic heterocycles. The van der Waals surface area contributed by atoms with E-state index < -0.39 is 29.6 Å². The molecule has 39 heavy (non-hydrogen) atoms. The van der Waals surface area contributed by atoms with Crippen molar-refractivity contribution < 1.29 is 23.2 Å². The van der Waals surface area contributed by atoms with Gasteiger partial charge in [0.05, 0.1) is 24.4 Å². The number of carbonyl (C=O) groups excluding carboxylic acids is 3. The molecule has 2 aromatic rings. The molecule has 3 amide bonds. The van der Waals surface area contributed by atoms with Crippen LogP contribution in [0.3, 0.4) is 0 Å². The van der Waals surface area contributed by atoms with E-state index in [1.54, 1.807) is 6.92 Å². The first-order valence-corrected chi connectivity index (χ1v) is 13.9. The number of halogens is 2. The number of hydrogen-bond acceptors (Lipinski definition) is 4. The first-order valence-electron chi connectivity index (χ1n) is 13.9. The van der Waals surface area contributed by atoms with Gasteiger partial charge in [0.2, 0.25) is 17.7 Å². The maximum Gasteiger partial charge on any atom is 0.243 e. The molecule has 0 aliphatic carbocycles. The molecule has 1 aromatic carbocycles. The molecule has 0 saturated carbocycles. The van der Waals surface area contributed by atoms with Crippen molar-refractivity contribution >= 4 is 17.7 Å². The lowest BCUT2D eigenvalue weighted by atomic mass is 9.92. The molecule has 10 heteroatoms. The zero-order valence-corrected chi connectivity index (χ0v) is 23.5. The molecule has 3 N–H and O–H groups in total. The van der Waals surface area contributed by atoms with Crippen molar-refractivity contribution in [1.82, 2.24) is 25.5 Å². The second-order valence-corrected chi connectivity index (χ2v) is 11.2. The predicted molar refractivity (Wildman–Crippen MR) is 145 cm³/mol. The number of aromatic amines is 1. The molecule has 3 unspecified atom stereocenters. The van der Waals surface area contributed by atoms with E-state index in [1.807, 2.05) is 18.7 Å². The maximum absolute atomic E-state index is 14.2. The van der Waals surface area contributed by atoms with Crippen LogP contribution in [0.4, 0.5) is 8.78 Å². The number of H-pyrrole nitrogens is 1. The Hall–Kier alpha value is -3.30. The predicted octanol–water partition coefficient (Wildman–Crippen LogP) is 4.88. The van der Waals surface area contributed by atoms with Gasteiger partial charge in [0.25, 0.3) is 0 Å². The second-order valence-electron chi connectivity index (χ2n) is 11.2. The highest BCUT2D eigenvalue weighted by molar-refractivity contribution is 5.92. The van der Waals surface area contributed by atoms with Crippen molar-refractivity contribution in [3.8, 4) is 11.3 Å². The van der Waals surface area contributed by atoms with Gasteiger partial charge in [-0.1, -0.05) is 27.7 Å². The van der Waals surface area contributed by atoms with Gasteiger partial charge in [0, 0.05) is 30.6 Å². The summed E-state index contributed by atoms with van der Waals surface area (Å²) in [6.45, 7) is 10.5. The number of carbonyl (C=O) groups is 3. The fourth-order valence-electron chi connectivity index (χ4n) is 4.93. The standard InChI is InChI=1S/C29H41F2N5O3/c1-17(2)9-12-26(37)34-23(15-27(38)36-13-7-6-8-25(36)18(3)4)29(39)33-19(5)28-32-16-24(35-28)21-11-10-20(30)14-22(21)31/h10-11,14,16-19,23,25H,6-9,12-13,15H2,1-5H3,(H,32,35)(H,33,39)(H,34,37). The zero-order valence-electron chi connectivity index (χ0n) is 23.5. The number of aromatic nitrogens is 2. The third-order valence-corrected chi connectivity index (χ3v) is 7.20. The number of hydrogen-bond donors (Lipinski definition) is 3. The van der Waals surface area contributed by atoms with Crippen LogP contribution in [0.1, 0.15) is 85.0 Å². The number of amides is 3. The van der Waals surface area contributed by atoms with Crippen molar-refractivity contribution in [3.63, 3.8) is 0 Å². The summed E-state index contributed by atoms with van der Waals surface area (Å²) in [5.74, 6) is -1.39. The Kier molecular flexibility index (Phi) is 10.6. The average molecular weight is 546 g/mol. The lowest BCUT2D eigenvalue weighted by molar-refractivity contribution is -0.140. The Morgan fingerprint density at radius 3 is 2.51 bits per heavy atom. The van der Waals surface area contributed by atoms with Crippen LogP contribution in [0, 0.1) is 23.5 Å².